The van der Waals surface area contributed by atoms with E-state index in [0.29, 0.717) is 32.6 Å². The first-order chi connectivity index (χ1) is 12.2. The van der Waals surface area contributed by atoms with Crippen molar-refractivity contribution in [3.8, 4) is 17.2 Å². The van der Waals surface area contributed by atoms with Crippen LogP contribution < -0.4 is 19.1 Å². The van der Waals surface area contributed by atoms with E-state index < -0.39 is 0 Å². The molecule has 0 fully saturated rings. The first-order valence-electron chi connectivity index (χ1n) is 8.48. The van der Waals surface area contributed by atoms with E-state index in [0.717, 1.165) is 28.5 Å². The lowest BCUT2D eigenvalue weighted by molar-refractivity contribution is -0.119. The van der Waals surface area contributed by atoms with Crippen LogP contribution in [0.2, 0.25) is 0 Å². The number of hydrogen-bond acceptors (Lipinski definition) is 4. The van der Waals surface area contributed by atoms with Crippen LogP contribution in [-0.2, 0) is 4.79 Å². The molecule has 0 aromatic heterocycles. The number of aryl methyl sites for hydroxylation is 1. The Balaban J connectivity index is 1.51. The van der Waals surface area contributed by atoms with E-state index in [1.165, 1.54) is 0 Å². The lowest BCUT2D eigenvalue weighted by atomic mass is 10.1. The Labute approximate surface area is 148 Å². The molecule has 0 bridgehead atoms. The summed E-state index contributed by atoms with van der Waals surface area (Å²) in [4.78, 5) is 14.4. The standard InChI is InChI=1S/C20H23NO4/c1-15-5-10-19-18(14-15)21(11-13-25-19)20(22)4-3-12-24-17-8-6-16(23-2)7-9-17/h5-10,14H,3-4,11-13H2,1-2H3. The highest BCUT2D eigenvalue weighted by atomic mass is 16.5. The van der Waals surface area contributed by atoms with Crippen molar-refractivity contribution in [2.75, 3.05) is 31.8 Å². The number of amides is 1. The Kier molecular flexibility index (Phi) is 5.43. The summed E-state index contributed by atoms with van der Waals surface area (Å²) in [5.41, 5.74) is 1.98. The first-order valence-corrected chi connectivity index (χ1v) is 8.48. The second kappa shape index (κ2) is 7.92. The molecule has 1 aliphatic heterocycles. The monoisotopic (exact) mass is 341 g/mol. The SMILES string of the molecule is COc1ccc(OCCCC(=O)N2CCOc3ccc(C)cc32)cc1. The zero-order chi connectivity index (χ0) is 17.6. The third kappa shape index (κ3) is 4.24. The number of hydrogen-bond donors (Lipinski definition) is 0. The van der Waals surface area contributed by atoms with Gasteiger partial charge in [-0.1, -0.05) is 6.07 Å². The van der Waals surface area contributed by atoms with Crippen LogP contribution in [0.5, 0.6) is 17.2 Å². The summed E-state index contributed by atoms with van der Waals surface area (Å²) in [5, 5.41) is 0. The van der Waals surface area contributed by atoms with Crippen molar-refractivity contribution in [2.24, 2.45) is 0 Å². The molecular formula is C20H23NO4. The minimum absolute atomic E-state index is 0.105. The summed E-state index contributed by atoms with van der Waals surface area (Å²) in [6.07, 6.45) is 1.12. The van der Waals surface area contributed by atoms with Crippen molar-refractivity contribution in [3.05, 3.63) is 48.0 Å². The second-order valence-corrected chi connectivity index (χ2v) is 5.99. The van der Waals surface area contributed by atoms with Crippen LogP contribution in [0, 0.1) is 6.92 Å². The number of nitrogens with zero attached hydrogens (tertiary/aromatic N) is 1. The number of anilines is 1. The molecule has 0 N–H and O–H groups in total. The molecule has 0 atom stereocenters. The number of carbonyl (C=O) groups is 1. The molecule has 1 amide bonds. The van der Waals surface area contributed by atoms with Crippen LogP contribution in [0.25, 0.3) is 0 Å². The Hall–Kier alpha value is -2.69. The lowest BCUT2D eigenvalue weighted by Crippen LogP contribution is -2.38. The summed E-state index contributed by atoms with van der Waals surface area (Å²) in [6.45, 7) is 3.64. The highest BCUT2D eigenvalue weighted by Gasteiger charge is 2.23. The van der Waals surface area contributed by atoms with Crippen LogP contribution >= 0.6 is 0 Å². The molecule has 132 valence electrons. The van der Waals surface area contributed by atoms with Gasteiger partial charge in [-0.2, -0.15) is 0 Å². The van der Waals surface area contributed by atoms with Gasteiger partial charge in [-0.3, -0.25) is 4.79 Å². The quantitative estimate of drug-likeness (QED) is 0.754. The van der Waals surface area contributed by atoms with Crippen molar-refractivity contribution in [2.45, 2.75) is 19.8 Å². The van der Waals surface area contributed by atoms with Gasteiger partial charge in [-0.25, -0.2) is 0 Å². The molecule has 2 aromatic rings. The highest BCUT2D eigenvalue weighted by Crippen LogP contribution is 2.32. The maximum absolute atomic E-state index is 12.6. The van der Waals surface area contributed by atoms with Crippen molar-refractivity contribution in [1.29, 1.82) is 0 Å². The van der Waals surface area contributed by atoms with Crippen LogP contribution in [0.15, 0.2) is 42.5 Å². The van der Waals surface area contributed by atoms with E-state index in [1.54, 1.807) is 7.11 Å². The van der Waals surface area contributed by atoms with E-state index in [4.69, 9.17) is 14.2 Å². The number of rotatable bonds is 6. The van der Waals surface area contributed by atoms with Gasteiger partial charge in [0.2, 0.25) is 5.91 Å². The van der Waals surface area contributed by atoms with Gasteiger partial charge in [0.05, 0.1) is 25.9 Å². The summed E-state index contributed by atoms with van der Waals surface area (Å²) in [5.74, 6) is 2.46. The topological polar surface area (TPSA) is 48.0 Å². The lowest BCUT2D eigenvalue weighted by Gasteiger charge is -2.30. The fourth-order valence-corrected chi connectivity index (χ4v) is 2.81. The molecule has 1 aliphatic rings. The number of methoxy groups -OCH3 is 1. The molecule has 0 radical (unpaired) electrons. The van der Waals surface area contributed by atoms with Gasteiger partial charge >= 0.3 is 0 Å². The average molecular weight is 341 g/mol. The maximum Gasteiger partial charge on any atom is 0.227 e. The van der Waals surface area contributed by atoms with E-state index >= 15 is 0 Å². The largest absolute Gasteiger partial charge is 0.497 e. The molecular weight excluding hydrogens is 318 g/mol. The average Bonchev–Trinajstić information content (AvgIpc) is 2.65. The molecule has 3 rings (SSSR count). The minimum Gasteiger partial charge on any atom is -0.497 e. The normalized spacial score (nSPS) is 13.0. The van der Waals surface area contributed by atoms with Crippen molar-refractivity contribution < 1.29 is 19.0 Å². The Morgan fingerprint density at radius 3 is 2.68 bits per heavy atom. The number of fused-ring (bicyclic) bond motifs is 1. The molecule has 0 spiro atoms. The molecule has 0 saturated heterocycles. The van der Waals surface area contributed by atoms with Crippen LogP contribution in [0.3, 0.4) is 0 Å². The van der Waals surface area contributed by atoms with Crippen LogP contribution in [-0.4, -0.2) is 32.8 Å². The smallest absolute Gasteiger partial charge is 0.227 e. The predicted molar refractivity (Wildman–Crippen MR) is 96.8 cm³/mol. The van der Waals surface area contributed by atoms with Gasteiger partial charge < -0.3 is 19.1 Å². The molecule has 5 nitrogen and oxygen atoms in total. The number of ether oxygens (including phenoxy) is 3. The van der Waals surface area contributed by atoms with Crippen molar-refractivity contribution in [3.63, 3.8) is 0 Å². The van der Waals surface area contributed by atoms with Gasteiger partial charge in [0.25, 0.3) is 0 Å². The van der Waals surface area contributed by atoms with E-state index in [2.05, 4.69) is 0 Å². The fraction of sp³-hybridized carbons (Fsp3) is 0.350. The van der Waals surface area contributed by atoms with Crippen molar-refractivity contribution >= 4 is 11.6 Å². The Bertz CT molecular complexity index is 727. The first kappa shape index (κ1) is 17.1. The maximum atomic E-state index is 12.6. The zero-order valence-electron chi connectivity index (χ0n) is 14.7. The summed E-state index contributed by atoms with van der Waals surface area (Å²) >= 11 is 0. The van der Waals surface area contributed by atoms with Crippen molar-refractivity contribution in [1.82, 2.24) is 0 Å². The number of carbonyl (C=O) groups excluding carboxylic acids is 1. The van der Waals surface area contributed by atoms with Gasteiger partial charge in [0, 0.05) is 6.42 Å². The zero-order valence-corrected chi connectivity index (χ0v) is 14.7. The third-order valence-corrected chi connectivity index (χ3v) is 4.14. The summed E-state index contributed by atoms with van der Waals surface area (Å²) in [7, 11) is 1.63. The van der Waals surface area contributed by atoms with Gasteiger partial charge in [0.15, 0.2) is 0 Å². The molecule has 1 heterocycles. The molecule has 0 aliphatic carbocycles. The molecule has 0 saturated carbocycles. The van der Waals surface area contributed by atoms with E-state index in [-0.39, 0.29) is 5.91 Å². The van der Waals surface area contributed by atoms with Gasteiger partial charge in [-0.15, -0.1) is 0 Å². The van der Waals surface area contributed by atoms with E-state index in [1.807, 2.05) is 54.3 Å². The second-order valence-electron chi connectivity index (χ2n) is 5.99. The van der Waals surface area contributed by atoms with Gasteiger partial charge in [0.1, 0.15) is 23.9 Å². The molecule has 25 heavy (non-hydrogen) atoms. The van der Waals surface area contributed by atoms with Crippen LogP contribution in [0.1, 0.15) is 18.4 Å². The molecule has 0 unspecified atom stereocenters. The summed E-state index contributed by atoms with van der Waals surface area (Å²) < 4.78 is 16.4. The molecule has 2 aromatic carbocycles. The summed E-state index contributed by atoms with van der Waals surface area (Å²) in [6, 6.07) is 13.4. The minimum atomic E-state index is 0.105. The molecule has 5 heteroatoms. The fourth-order valence-electron chi connectivity index (χ4n) is 2.81. The van der Waals surface area contributed by atoms with Crippen LogP contribution in [0.4, 0.5) is 5.69 Å². The third-order valence-electron chi connectivity index (χ3n) is 4.14. The number of benzene rings is 2. The Morgan fingerprint density at radius 1 is 1.16 bits per heavy atom. The Morgan fingerprint density at radius 2 is 1.92 bits per heavy atom. The predicted octanol–water partition coefficient (Wildman–Crippen LogP) is 3.59. The van der Waals surface area contributed by atoms with Gasteiger partial charge in [-0.05, 0) is 55.3 Å². The van der Waals surface area contributed by atoms with E-state index in [9.17, 15) is 4.79 Å². The highest BCUT2D eigenvalue weighted by molar-refractivity contribution is 5.95.